The monoisotopic (exact) mass is 235 g/mol. The molecule has 5 heteroatoms. The van der Waals surface area contributed by atoms with Gasteiger partial charge in [-0.25, -0.2) is 0 Å². The molecule has 0 aromatic heterocycles. The van der Waals surface area contributed by atoms with Crippen molar-refractivity contribution in [2.24, 2.45) is 17.4 Å². The van der Waals surface area contributed by atoms with Crippen molar-refractivity contribution in [2.45, 2.75) is 19.9 Å². The second kappa shape index (κ2) is 5.45. The van der Waals surface area contributed by atoms with Crippen LogP contribution in [0.2, 0.25) is 0 Å². The second-order valence-corrected chi connectivity index (χ2v) is 4.20. The summed E-state index contributed by atoms with van der Waals surface area (Å²) in [5.74, 6) is -0.673. The molecule has 0 bridgehead atoms. The van der Waals surface area contributed by atoms with E-state index in [9.17, 15) is 9.59 Å². The van der Waals surface area contributed by atoms with Gasteiger partial charge in [0.15, 0.2) is 0 Å². The molecular weight excluding hydrogens is 218 g/mol. The normalized spacial score (nSPS) is 12.2. The second-order valence-electron chi connectivity index (χ2n) is 4.20. The Balaban J connectivity index is 2.70. The summed E-state index contributed by atoms with van der Waals surface area (Å²) < 4.78 is 0. The van der Waals surface area contributed by atoms with Gasteiger partial charge in [-0.1, -0.05) is 13.8 Å². The Hall–Kier alpha value is -1.88. The number of carbonyl (C=O) groups excluding carboxylic acids is 2. The number of nitrogens with one attached hydrogen (secondary N) is 1. The summed E-state index contributed by atoms with van der Waals surface area (Å²) in [5.41, 5.74) is 11.8. The van der Waals surface area contributed by atoms with Gasteiger partial charge >= 0.3 is 0 Å². The Labute approximate surface area is 100 Å². The van der Waals surface area contributed by atoms with Crippen LogP contribution in [0.1, 0.15) is 24.2 Å². The highest BCUT2D eigenvalue weighted by Crippen LogP contribution is 2.10. The number of hydrogen-bond donors (Lipinski definition) is 3. The summed E-state index contributed by atoms with van der Waals surface area (Å²) in [6.45, 7) is 3.75. The maximum atomic E-state index is 11.6. The van der Waals surface area contributed by atoms with Crippen molar-refractivity contribution in [1.82, 2.24) is 0 Å². The highest BCUT2D eigenvalue weighted by atomic mass is 16.2. The topological polar surface area (TPSA) is 98.2 Å². The number of hydrogen-bond acceptors (Lipinski definition) is 3. The van der Waals surface area contributed by atoms with Crippen molar-refractivity contribution in [3.05, 3.63) is 29.8 Å². The summed E-state index contributed by atoms with van der Waals surface area (Å²) in [6.07, 6.45) is 0. The highest BCUT2D eigenvalue weighted by Gasteiger charge is 2.17. The van der Waals surface area contributed by atoms with Gasteiger partial charge in [-0.2, -0.15) is 0 Å². The minimum Gasteiger partial charge on any atom is -0.366 e. The maximum absolute atomic E-state index is 11.6. The first-order valence-electron chi connectivity index (χ1n) is 5.38. The number of anilines is 1. The number of rotatable bonds is 4. The van der Waals surface area contributed by atoms with Crippen LogP contribution >= 0.6 is 0 Å². The third-order valence-corrected chi connectivity index (χ3v) is 2.46. The van der Waals surface area contributed by atoms with Crippen molar-refractivity contribution >= 4 is 17.5 Å². The molecule has 0 fully saturated rings. The predicted molar refractivity (Wildman–Crippen MR) is 66.4 cm³/mol. The fourth-order valence-electron chi connectivity index (χ4n) is 1.25. The van der Waals surface area contributed by atoms with Gasteiger partial charge in [0.05, 0.1) is 6.04 Å². The van der Waals surface area contributed by atoms with Crippen LogP contribution in [0.5, 0.6) is 0 Å². The van der Waals surface area contributed by atoms with Crippen LogP contribution in [0.4, 0.5) is 5.69 Å². The van der Waals surface area contributed by atoms with E-state index in [2.05, 4.69) is 5.32 Å². The molecule has 1 aromatic rings. The predicted octanol–water partition coefficient (Wildman–Crippen LogP) is 0.707. The molecule has 0 aliphatic carbocycles. The molecule has 0 saturated heterocycles. The molecule has 0 aliphatic heterocycles. The third-order valence-electron chi connectivity index (χ3n) is 2.46. The first kappa shape index (κ1) is 13.2. The van der Waals surface area contributed by atoms with E-state index in [4.69, 9.17) is 11.5 Å². The quantitative estimate of drug-likeness (QED) is 0.716. The van der Waals surface area contributed by atoms with E-state index < -0.39 is 11.9 Å². The first-order chi connectivity index (χ1) is 7.91. The van der Waals surface area contributed by atoms with Crippen molar-refractivity contribution in [2.75, 3.05) is 5.32 Å². The van der Waals surface area contributed by atoms with Crippen molar-refractivity contribution in [3.63, 3.8) is 0 Å². The molecule has 1 rings (SSSR count). The van der Waals surface area contributed by atoms with Crippen LogP contribution in [0.15, 0.2) is 24.3 Å². The van der Waals surface area contributed by atoms with Crippen LogP contribution in [0.25, 0.3) is 0 Å². The first-order valence-corrected chi connectivity index (χ1v) is 5.38. The smallest absolute Gasteiger partial charge is 0.248 e. The van der Waals surface area contributed by atoms with E-state index in [0.29, 0.717) is 11.3 Å². The van der Waals surface area contributed by atoms with E-state index >= 15 is 0 Å². The summed E-state index contributed by atoms with van der Waals surface area (Å²) >= 11 is 0. The minimum atomic E-state index is -0.550. The SMILES string of the molecule is CC(C)[C@@H](N)C(=O)Nc1ccc(C(N)=O)cc1. The lowest BCUT2D eigenvalue weighted by Gasteiger charge is -2.15. The molecule has 0 aliphatic rings. The van der Waals surface area contributed by atoms with Gasteiger partial charge in [0.1, 0.15) is 0 Å². The fraction of sp³-hybridized carbons (Fsp3) is 0.333. The molecule has 92 valence electrons. The van der Waals surface area contributed by atoms with Crippen molar-refractivity contribution in [3.8, 4) is 0 Å². The van der Waals surface area contributed by atoms with Gasteiger partial charge < -0.3 is 16.8 Å². The van der Waals surface area contributed by atoms with Crippen LogP contribution < -0.4 is 16.8 Å². The molecule has 5 nitrogen and oxygen atoms in total. The molecule has 0 spiro atoms. The average molecular weight is 235 g/mol. The number of carbonyl (C=O) groups is 2. The van der Waals surface area contributed by atoms with Gasteiger partial charge in [-0.05, 0) is 30.2 Å². The highest BCUT2D eigenvalue weighted by molar-refractivity contribution is 5.96. The van der Waals surface area contributed by atoms with Gasteiger partial charge in [0.25, 0.3) is 0 Å². The van der Waals surface area contributed by atoms with E-state index in [0.717, 1.165) is 0 Å². The molecular formula is C12H17N3O2. The van der Waals surface area contributed by atoms with Gasteiger partial charge in [0.2, 0.25) is 11.8 Å². The molecule has 0 unspecified atom stereocenters. The maximum Gasteiger partial charge on any atom is 0.248 e. The number of amides is 2. The Bertz CT molecular complexity index is 412. The fourth-order valence-corrected chi connectivity index (χ4v) is 1.25. The Morgan fingerprint density at radius 2 is 1.71 bits per heavy atom. The lowest BCUT2D eigenvalue weighted by molar-refractivity contribution is -0.118. The zero-order valence-electron chi connectivity index (χ0n) is 9.94. The molecule has 0 radical (unpaired) electrons. The molecule has 1 aromatic carbocycles. The summed E-state index contributed by atoms with van der Waals surface area (Å²) in [6, 6.07) is 5.79. The summed E-state index contributed by atoms with van der Waals surface area (Å²) in [4.78, 5) is 22.5. The summed E-state index contributed by atoms with van der Waals surface area (Å²) in [7, 11) is 0. The Morgan fingerprint density at radius 3 is 2.12 bits per heavy atom. The van der Waals surface area contributed by atoms with Crippen LogP contribution in [0, 0.1) is 5.92 Å². The lowest BCUT2D eigenvalue weighted by Crippen LogP contribution is -2.39. The molecule has 0 saturated carbocycles. The average Bonchev–Trinajstić information content (AvgIpc) is 2.28. The van der Waals surface area contributed by atoms with Gasteiger partial charge in [-0.3, -0.25) is 9.59 Å². The molecule has 17 heavy (non-hydrogen) atoms. The zero-order chi connectivity index (χ0) is 13.0. The lowest BCUT2D eigenvalue weighted by atomic mass is 10.0. The molecule has 0 heterocycles. The van der Waals surface area contributed by atoms with E-state index in [-0.39, 0.29) is 11.8 Å². The number of benzene rings is 1. The van der Waals surface area contributed by atoms with Crippen molar-refractivity contribution in [1.29, 1.82) is 0 Å². The van der Waals surface area contributed by atoms with Crippen LogP contribution in [0.3, 0.4) is 0 Å². The zero-order valence-corrected chi connectivity index (χ0v) is 9.94. The van der Waals surface area contributed by atoms with Crippen molar-refractivity contribution < 1.29 is 9.59 Å². The third kappa shape index (κ3) is 3.57. The summed E-state index contributed by atoms with van der Waals surface area (Å²) in [5, 5.41) is 2.67. The number of nitrogens with two attached hydrogens (primary N) is 2. The van der Waals surface area contributed by atoms with E-state index in [1.165, 1.54) is 0 Å². The largest absolute Gasteiger partial charge is 0.366 e. The standard InChI is InChI=1S/C12H17N3O2/c1-7(2)10(13)12(17)15-9-5-3-8(4-6-9)11(14)16/h3-7,10H,13H2,1-2H3,(H2,14,16)(H,15,17)/t10-/m1/s1. The molecule has 2 amide bonds. The van der Waals surface area contributed by atoms with Crippen LogP contribution in [-0.2, 0) is 4.79 Å². The molecule has 5 N–H and O–H groups in total. The minimum absolute atomic E-state index is 0.0693. The Kier molecular flexibility index (Phi) is 4.23. The van der Waals surface area contributed by atoms with Crippen LogP contribution in [-0.4, -0.2) is 17.9 Å². The number of primary amides is 1. The van der Waals surface area contributed by atoms with Gasteiger partial charge in [-0.15, -0.1) is 0 Å². The van der Waals surface area contributed by atoms with E-state index in [1.807, 2.05) is 13.8 Å². The Morgan fingerprint density at radius 1 is 1.18 bits per heavy atom. The van der Waals surface area contributed by atoms with Gasteiger partial charge in [0, 0.05) is 11.3 Å². The van der Waals surface area contributed by atoms with E-state index in [1.54, 1.807) is 24.3 Å². The molecule has 1 atom stereocenters.